The molecule has 0 aliphatic heterocycles. The number of hydrogen-bond acceptors (Lipinski definition) is 4. The molecule has 0 N–H and O–H groups in total. The van der Waals surface area contributed by atoms with Gasteiger partial charge in [-0.25, -0.2) is 15.0 Å². The molecule has 2 aliphatic carbocycles. The fraction of sp³-hybridized carbons (Fsp3) is 0.0408. The maximum atomic E-state index is 6.50. The Kier molecular flexibility index (Phi) is 6.65. The van der Waals surface area contributed by atoms with E-state index in [2.05, 4.69) is 158 Å². The van der Waals surface area contributed by atoms with Crippen molar-refractivity contribution >= 4 is 59.8 Å². The first kappa shape index (κ1) is 29.8. The molecule has 2 aliphatic rings. The van der Waals surface area contributed by atoms with Crippen molar-refractivity contribution in [2.45, 2.75) is 6.42 Å². The molecule has 2 heterocycles. The number of allylic oxidation sites excluding steroid dienone is 8. The molecule has 0 radical (unpaired) electrons. The van der Waals surface area contributed by atoms with Crippen LogP contribution in [0.25, 0.3) is 93.7 Å². The summed E-state index contributed by atoms with van der Waals surface area (Å²) in [7, 11) is 0. The van der Waals surface area contributed by atoms with E-state index in [0.717, 1.165) is 67.0 Å². The SMILES string of the molecule is C1=CC2=CC(c3nc(-c4cc5ccccc5c5ccccc45)nc(-c4c(-c5ccc6ccccc6c5)ccc5oc6ccccc6c45)n3)=CCC2C=C1. The Balaban J connectivity index is 1.24. The van der Waals surface area contributed by atoms with Crippen molar-refractivity contribution in [2.24, 2.45) is 5.92 Å². The molecular formula is C49H31N3O. The van der Waals surface area contributed by atoms with E-state index in [1.807, 2.05) is 12.1 Å². The highest BCUT2D eigenvalue weighted by Crippen LogP contribution is 2.44. The maximum Gasteiger partial charge on any atom is 0.165 e. The summed E-state index contributed by atoms with van der Waals surface area (Å²) < 4.78 is 6.50. The molecule has 0 fully saturated rings. The largest absolute Gasteiger partial charge is 0.456 e. The van der Waals surface area contributed by atoms with Gasteiger partial charge in [0.1, 0.15) is 11.2 Å². The molecule has 4 heteroatoms. The summed E-state index contributed by atoms with van der Waals surface area (Å²) in [5.41, 5.74) is 7.93. The van der Waals surface area contributed by atoms with Crippen LogP contribution in [0, 0.1) is 5.92 Å². The van der Waals surface area contributed by atoms with Crippen LogP contribution in [-0.2, 0) is 0 Å². The Morgan fingerprint density at radius 3 is 2.17 bits per heavy atom. The molecule has 0 spiro atoms. The second-order valence-corrected chi connectivity index (χ2v) is 13.9. The number of para-hydroxylation sites is 1. The molecule has 2 aromatic heterocycles. The van der Waals surface area contributed by atoms with Gasteiger partial charge in [-0.15, -0.1) is 0 Å². The fourth-order valence-corrected chi connectivity index (χ4v) is 8.24. The molecule has 4 nitrogen and oxygen atoms in total. The van der Waals surface area contributed by atoms with Gasteiger partial charge < -0.3 is 4.42 Å². The number of aromatic nitrogens is 3. The van der Waals surface area contributed by atoms with E-state index in [-0.39, 0.29) is 0 Å². The second-order valence-electron chi connectivity index (χ2n) is 13.9. The monoisotopic (exact) mass is 677 g/mol. The molecule has 7 aromatic carbocycles. The zero-order valence-corrected chi connectivity index (χ0v) is 28.7. The first-order chi connectivity index (χ1) is 26.2. The zero-order valence-electron chi connectivity index (χ0n) is 28.7. The van der Waals surface area contributed by atoms with Crippen LogP contribution in [0.3, 0.4) is 0 Å². The Labute approximate surface area is 305 Å². The van der Waals surface area contributed by atoms with Crippen LogP contribution in [0.5, 0.6) is 0 Å². The Morgan fingerprint density at radius 1 is 0.528 bits per heavy atom. The lowest BCUT2D eigenvalue weighted by atomic mass is 9.85. The normalized spacial score (nSPS) is 15.4. The van der Waals surface area contributed by atoms with Crippen LogP contribution < -0.4 is 0 Å². The van der Waals surface area contributed by atoms with Crippen LogP contribution >= 0.6 is 0 Å². The molecule has 0 amide bonds. The molecule has 9 aromatic rings. The van der Waals surface area contributed by atoms with Gasteiger partial charge in [-0.05, 0) is 91.8 Å². The van der Waals surface area contributed by atoms with E-state index in [0.29, 0.717) is 23.4 Å². The Hall–Kier alpha value is -6.91. The summed E-state index contributed by atoms with van der Waals surface area (Å²) in [5.74, 6) is 2.27. The van der Waals surface area contributed by atoms with E-state index in [4.69, 9.17) is 19.4 Å². The molecule has 11 rings (SSSR count). The lowest BCUT2D eigenvalue weighted by molar-refractivity contribution is 0.669. The fourth-order valence-electron chi connectivity index (χ4n) is 8.24. The summed E-state index contributed by atoms with van der Waals surface area (Å²) in [6, 6.07) is 47.0. The summed E-state index contributed by atoms with van der Waals surface area (Å²) in [6.07, 6.45) is 14.1. The Bertz CT molecular complexity index is 3100. The summed E-state index contributed by atoms with van der Waals surface area (Å²) in [4.78, 5) is 16.2. The molecule has 0 saturated carbocycles. The number of hydrogen-bond donors (Lipinski definition) is 0. The van der Waals surface area contributed by atoms with Crippen molar-refractivity contribution in [1.82, 2.24) is 15.0 Å². The van der Waals surface area contributed by atoms with Crippen molar-refractivity contribution < 1.29 is 4.42 Å². The van der Waals surface area contributed by atoms with Crippen molar-refractivity contribution in [3.05, 3.63) is 181 Å². The van der Waals surface area contributed by atoms with Crippen molar-refractivity contribution in [3.63, 3.8) is 0 Å². The zero-order chi connectivity index (χ0) is 34.9. The quantitative estimate of drug-likeness (QED) is 0.174. The molecule has 1 unspecified atom stereocenters. The number of nitrogens with zero attached hydrogens (tertiary/aromatic N) is 3. The van der Waals surface area contributed by atoms with Gasteiger partial charge in [0, 0.05) is 33.4 Å². The van der Waals surface area contributed by atoms with Gasteiger partial charge in [-0.1, -0.05) is 134 Å². The number of benzene rings is 7. The third-order valence-electron chi connectivity index (χ3n) is 10.8. The topological polar surface area (TPSA) is 51.8 Å². The van der Waals surface area contributed by atoms with Crippen molar-refractivity contribution in [3.8, 4) is 33.9 Å². The van der Waals surface area contributed by atoms with Crippen LogP contribution in [0.15, 0.2) is 180 Å². The van der Waals surface area contributed by atoms with Gasteiger partial charge >= 0.3 is 0 Å². The summed E-state index contributed by atoms with van der Waals surface area (Å²) >= 11 is 0. The van der Waals surface area contributed by atoms with Gasteiger partial charge in [0.15, 0.2) is 17.5 Å². The van der Waals surface area contributed by atoms with Crippen LogP contribution in [-0.4, -0.2) is 15.0 Å². The third kappa shape index (κ3) is 4.87. The van der Waals surface area contributed by atoms with Gasteiger partial charge in [0.2, 0.25) is 0 Å². The highest BCUT2D eigenvalue weighted by atomic mass is 16.3. The highest BCUT2D eigenvalue weighted by Gasteiger charge is 2.24. The average molecular weight is 678 g/mol. The van der Waals surface area contributed by atoms with Gasteiger partial charge in [-0.3, -0.25) is 0 Å². The molecule has 1 atom stereocenters. The van der Waals surface area contributed by atoms with Gasteiger partial charge in [0.25, 0.3) is 0 Å². The summed E-state index contributed by atoms with van der Waals surface area (Å²) in [5, 5.41) is 9.02. The number of rotatable bonds is 4. The molecule has 248 valence electrons. The maximum absolute atomic E-state index is 6.50. The standard InChI is InChI=1S/C49H31N3O/c1-3-13-32-27-35(23-21-30(32)11-1)38-25-26-44-45(41-19-9-10-20-43(41)53-44)46(38)49-51-47(36-24-22-31-12-2-4-14-33(31)28-36)50-48(52-49)42-29-34-15-5-6-16-37(34)39-17-7-8-18-40(39)42/h1-21,23-29,31H,22H2. The van der Waals surface area contributed by atoms with Crippen molar-refractivity contribution in [1.29, 1.82) is 0 Å². The minimum absolute atomic E-state index is 0.361. The predicted octanol–water partition coefficient (Wildman–Crippen LogP) is 12.7. The van der Waals surface area contributed by atoms with E-state index < -0.39 is 0 Å². The first-order valence-corrected chi connectivity index (χ1v) is 18.1. The molecule has 0 bridgehead atoms. The number of fused-ring (bicyclic) bond motifs is 8. The molecular weight excluding hydrogens is 647 g/mol. The van der Waals surface area contributed by atoms with E-state index in [1.54, 1.807) is 0 Å². The predicted molar refractivity (Wildman–Crippen MR) is 218 cm³/mol. The number of furan rings is 1. The molecule has 0 saturated heterocycles. The van der Waals surface area contributed by atoms with Crippen LogP contribution in [0.1, 0.15) is 12.2 Å². The highest BCUT2D eigenvalue weighted by molar-refractivity contribution is 6.16. The van der Waals surface area contributed by atoms with Gasteiger partial charge in [0.05, 0.1) is 0 Å². The van der Waals surface area contributed by atoms with Gasteiger partial charge in [-0.2, -0.15) is 0 Å². The lowest BCUT2D eigenvalue weighted by Gasteiger charge is -2.21. The van der Waals surface area contributed by atoms with Crippen molar-refractivity contribution in [2.75, 3.05) is 0 Å². The summed E-state index contributed by atoms with van der Waals surface area (Å²) in [6.45, 7) is 0. The van der Waals surface area contributed by atoms with E-state index in [1.165, 1.54) is 27.1 Å². The van der Waals surface area contributed by atoms with E-state index in [9.17, 15) is 0 Å². The third-order valence-corrected chi connectivity index (χ3v) is 10.8. The Morgan fingerprint density at radius 2 is 1.26 bits per heavy atom. The van der Waals surface area contributed by atoms with Crippen LogP contribution in [0.4, 0.5) is 0 Å². The second kappa shape index (κ2) is 11.8. The lowest BCUT2D eigenvalue weighted by Crippen LogP contribution is -2.09. The van der Waals surface area contributed by atoms with Crippen LogP contribution in [0.2, 0.25) is 0 Å². The molecule has 53 heavy (non-hydrogen) atoms. The van der Waals surface area contributed by atoms with E-state index >= 15 is 0 Å². The average Bonchev–Trinajstić information content (AvgIpc) is 3.61. The minimum Gasteiger partial charge on any atom is -0.456 e. The minimum atomic E-state index is 0.361. The smallest absolute Gasteiger partial charge is 0.165 e. The first-order valence-electron chi connectivity index (χ1n) is 18.1.